The molecule has 0 saturated carbocycles. The predicted octanol–water partition coefficient (Wildman–Crippen LogP) is 4.09. The monoisotopic (exact) mass is 457 g/mol. The second-order valence-electron chi connectivity index (χ2n) is 9.22. The first kappa shape index (κ1) is 23.5. The highest BCUT2D eigenvalue weighted by Crippen LogP contribution is 2.31. The van der Waals surface area contributed by atoms with Crippen LogP contribution in [0.1, 0.15) is 37.4 Å². The van der Waals surface area contributed by atoms with Crippen LogP contribution in [0.25, 0.3) is 11.0 Å². The number of benzene rings is 2. The van der Waals surface area contributed by atoms with Crippen LogP contribution in [0.2, 0.25) is 0 Å². The molecule has 1 aliphatic rings. The Labute approximate surface area is 200 Å². The van der Waals surface area contributed by atoms with Crippen molar-refractivity contribution in [3.8, 4) is 11.8 Å². The van der Waals surface area contributed by atoms with Gasteiger partial charge in [-0.25, -0.2) is 9.97 Å². The molecule has 0 aliphatic carbocycles. The van der Waals surface area contributed by atoms with Crippen LogP contribution < -0.4 is 15.0 Å². The van der Waals surface area contributed by atoms with E-state index in [0.717, 1.165) is 36.3 Å². The van der Waals surface area contributed by atoms with Crippen molar-refractivity contribution in [2.45, 2.75) is 32.6 Å². The normalized spacial score (nSPS) is 18.8. The highest BCUT2D eigenvalue weighted by Gasteiger charge is 2.31. The molecule has 4 rings (SSSR count). The lowest BCUT2D eigenvalue weighted by molar-refractivity contribution is -0.121. The molecule has 1 amide bonds. The van der Waals surface area contributed by atoms with Crippen LogP contribution in [0, 0.1) is 23.2 Å². The number of piperidine rings is 1. The van der Waals surface area contributed by atoms with Gasteiger partial charge in [-0.1, -0.05) is 38.1 Å². The van der Waals surface area contributed by atoms with Gasteiger partial charge in [0, 0.05) is 19.6 Å². The number of carbonyl (C=O) groups excluding carboxylic acids is 1. The average molecular weight is 458 g/mol. The molecule has 1 saturated heterocycles. The van der Waals surface area contributed by atoms with E-state index >= 15 is 0 Å². The summed E-state index contributed by atoms with van der Waals surface area (Å²) in [5.41, 5.74) is 2.97. The van der Waals surface area contributed by atoms with Gasteiger partial charge in [-0.2, -0.15) is 5.26 Å². The molecular formula is C27H31N5O2. The fourth-order valence-corrected chi connectivity index (χ4v) is 4.73. The summed E-state index contributed by atoms with van der Waals surface area (Å²) in [6, 6.07) is 17.5. The number of ether oxygens (including phenoxy) is 1. The van der Waals surface area contributed by atoms with E-state index in [-0.39, 0.29) is 5.91 Å². The summed E-state index contributed by atoms with van der Waals surface area (Å²) < 4.78 is 5.19. The maximum Gasteiger partial charge on any atom is 0.243 e. The standard InChI is InChI=1S/C27H31N5O2/c1-18-14-19(2)17-32(16-18)26-25(30-23-6-4-5-7-24(23)31-26)22(15-28)27(33)29-13-12-20-8-10-21(34-3)11-9-20/h4-11,18-19,22H,12-14,16-17H2,1-3H3,(H,29,33)/t18-,19+,22-/m0/s1. The third-order valence-corrected chi connectivity index (χ3v) is 6.28. The molecule has 0 bridgehead atoms. The molecule has 1 aromatic heterocycles. The summed E-state index contributed by atoms with van der Waals surface area (Å²) in [7, 11) is 1.63. The summed E-state index contributed by atoms with van der Waals surface area (Å²) in [5.74, 6) is 1.07. The van der Waals surface area contributed by atoms with Gasteiger partial charge < -0.3 is 15.0 Å². The van der Waals surface area contributed by atoms with Crippen molar-refractivity contribution in [3.63, 3.8) is 0 Å². The van der Waals surface area contributed by atoms with Gasteiger partial charge in [0.1, 0.15) is 11.4 Å². The number of hydrogen-bond donors (Lipinski definition) is 1. The lowest BCUT2D eigenvalue weighted by Gasteiger charge is -2.36. The van der Waals surface area contributed by atoms with Gasteiger partial charge in [0.25, 0.3) is 0 Å². The van der Waals surface area contributed by atoms with Crippen LogP contribution in [0.5, 0.6) is 5.75 Å². The Hall–Kier alpha value is -3.66. The van der Waals surface area contributed by atoms with Crippen LogP contribution in [0.4, 0.5) is 5.82 Å². The number of rotatable bonds is 7. The van der Waals surface area contributed by atoms with Gasteiger partial charge in [-0.3, -0.25) is 4.79 Å². The summed E-state index contributed by atoms with van der Waals surface area (Å²) in [5, 5.41) is 12.9. The topological polar surface area (TPSA) is 91.1 Å². The number of nitriles is 1. The zero-order valence-corrected chi connectivity index (χ0v) is 20.0. The highest BCUT2D eigenvalue weighted by atomic mass is 16.5. The number of carbonyl (C=O) groups is 1. The summed E-state index contributed by atoms with van der Waals surface area (Å²) in [6.45, 7) is 6.55. The lowest BCUT2D eigenvalue weighted by Crippen LogP contribution is -2.40. The molecule has 0 unspecified atom stereocenters. The molecule has 1 aliphatic heterocycles. The maximum atomic E-state index is 13.1. The fourth-order valence-electron chi connectivity index (χ4n) is 4.73. The van der Waals surface area contributed by atoms with Gasteiger partial charge in [-0.05, 0) is 54.5 Å². The molecule has 3 aromatic rings. The van der Waals surface area contributed by atoms with E-state index in [2.05, 4.69) is 30.1 Å². The SMILES string of the molecule is COc1ccc(CCNC(=O)[C@@H](C#N)c2nc3ccccc3nc2N2C[C@H](C)C[C@H](C)C2)cc1. The molecule has 7 heteroatoms. The van der Waals surface area contributed by atoms with Crippen molar-refractivity contribution >= 4 is 22.8 Å². The molecule has 34 heavy (non-hydrogen) atoms. The number of hydrogen-bond acceptors (Lipinski definition) is 6. The highest BCUT2D eigenvalue weighted by molar-refractivity contribution is 5.88. The number of methoxy groups -OCH3 is 1. The number of para-hydroxylation sites is 2. The summed E-state index contributed by atoms with van der Waals surface area (Å²) in [6.07, 6.45) is 1.81. The summed E-state index contributed by atoms with van der Waals surface area (Å²) in [4.78, 5) is 25.0. The maximum absolute atomic E-state index is 13.1. The Bertz CT molecular complexity index is 1180. The zero-order chi connectivity index (χ0) is 24.1. The van der Waals surface area contributed by atoms with Gasteiger partial charge in [0.05, 0.1) is 24.2 Å². The number of nitrogens with one attached hydrogen (secondary N) is 1. The molecule has 1 fully saturated rings. The van der Waals surface area contributed by atoms with E-state index in [4.69, 9.17) is 14.7 Å². The van der Waals surface area contributed by atoms with E-state index < -0.39 is 5.92 Å². The minimum absolute atomic E-state index is 0.347. The van der Waals surface area contributed by atoms with Crippen molar-refractivity contribution in [2.24, 2.45) is 11.8 Å². The summed E-state index contributed by atoms with van der Waals surface area (Å²) >= 11 is 0. The number of fused-ring (bicyclic) bond motifs is 1. The molecule has 2 heterocycles. The molecule has 7 nitrogen and oxygen atoms in total. The average Bonchev–Trinajstić information content (AvgIpc) is 2.84. The van der Waals surface area contributed by atoms with E-state index in [0.29, 0.717) is 41.8 Å². The smallest absolute Gasteiger partial charge is 0.243 e. The molecule has 176 valence electrons. The molecule has 3 atom stereocenters. The van der Waals surface area contributed by atoms with Crippen LogP contribution in [-0.2, 0) is 11.2 Å². The largest absolute Gasteiger partial charge is 0.497 e. The Morgan fingerprint density at radius 3 is 2.38 bits per heavy atom. The van der Waals surface area contributed by atoms with Gasteiger partial charge in [0.2, 0.25) is 5.91 Å². The molecular weight excluding hydrogens is 426 g/mol. The first-order valence-electron chi connectivity index (χ1n) is 11.8. The van der Waals surface area contributed by atoms with Gasteiger partial charge in [0.15, 0.2) is 11.7 Å². The first-order chi connectivity index (χ1) is 16.5. The van der Waals surface area contributed by atoms with E-state index in [1.54, 1.807) is 7.11 Å². The minimum atomic E-state index is -1.03. The second kappa shape index (κ2) is 10.5. The van der Waals surface area contributed by atoms with Crippen LogP contribution in [-0.4, -0.2) is 42.6 Å². The van der Waals surface area contributed by atoms with Crippen molar-refractivity contribution in [1.82, 2.24) is 15.3 Å². The predicted molar refractivity (Wildman–Crippen MR) is 133 cm³/mol. The lowest BCUT2D eigenvalue weighted by atomic mass is 9.91. The number of anilines is 1. The second-order valence-corrected chi connectivity index (χ2v) is 9.22. The van der Waals surface area contributed by atoms with Crippen molar-refractivity contribution in [1.29, 1.82) is 5.26 Å². The molecule has 0 radical (unpaired) electrons. The Morgan fingerprint density at radius 2 is 1.76 bits per heavy atom. The van der Waals surface area contributed by atoms with E-state index in [9.17, 15) is 10.1 Å². The number of amides is 1. The first-order valence-corrected chi connectivity index (χ1v) is 11.8. The van der Waals surface area contributed by atoms with Crippen molar-refractivity contribution in [3.05, 3.63) is 59.8 Å². The van der Waals surface area contributed by atoms with Crippen molar-refractivity contribution in [2.75, 3.05) is 31.6 Å². The molecule has 2 aromatic carbocycles. The van der Waals surface area contributed by atoms with Gasteiger partial charge >= 0.3 is 0 Å². The minimum Gasteiger partial charge on any atom is -0.497 e. The number of aromatic nitrogens is 2. The quantitative estimate of drug-likeness (QED) is 0.575. The van der Waals surface area contributed by atoms with Crippen LogP contribution in [0.3, 0.4) is 0 Å². The Kier molecular flexibility index (Phi) is 7.27. The molecule has 0 spiro atoms. The Morgan fingerprint density at radius 1 is 1.12 bits per heavy atom. The van der Waals surface area contributed by atoms with E-state index in [1.807, 2.05) is 48.5 Å². The van der Waals surface area contributed by atoms with Crippen molar-refractivity contribution < 1.29 is 9.53 Å². The molecule has 1 N–H and O–H groups in total. The zero-order valence-electron chi connectivity index (χ0n) is 20.0. The van der Waals surface area contributed by atoms with E-state index in [1.165, 1.54) is 0 Å². The number of nitrogens with zero attached hydrogens (tertiary/aromatic N) is 4. The van der Waals surface area contributed by atoms with Crippen LogP contribution >= 0.6 is 0 Å². The van der Waals surface area contributed by atoms with Crippen LogP contribution in [0.15, 0.2) is 48.5 Å². The third kappa shape index (κ3) is 5.28. The third-order valence-electron chi connectivity index (χ3n) is 6.28. The fraction of sp³-hybridized carbons (Fsp3) is 0.407. The van der Waals surface area contributed by atoms with Gasteiger partial charge in [-0.15, -0.1) is 0 Å². The Balaban J connectivity index is 1.57.